The van der Waals surface area contributed by atoms with Gasteiger partial charge in [0.15, 0.2) is 0 Å². The van der Waals surface area contributed by atoms with Crippen molar-refractivity contribution in [3.05, 3.63) is 108 Å². The van der Waals surface area contributed by atoms with Gasteiger partial charge in [-0.2, -0.15) is 0 Å². The summed E-state index contributed by atoms with van der Waals surface area (Å²) in [5, 5.41) is 0. The van der Waals surface area contributed by atoms with E-state index in [4.69, 9.17) is 9.72 Å². The largest absolute Gasteiger partial charge is 0.481 e. The molecule has 3 aromatic heterocycles. The Morgan fingerprint density at radius 3 is 2.11 bits per heavy atom. The number of benzene rings is 1. The van der Waals surface area contributed by atoms with Crippen molar-refractivity contribution in [2.75, 3.05) is 7.11 Å². The lowest BCUT2D eigenvalue weighted by Gasteiger charge is -2.17. The van der Waals surface area contributed by atoms with Crippen LogP contribution in [0.15, 0.2) is 91.1 Å². The molecule has 0 N–H and O–H groups in total. The zero-order valence-corrected chi connectivity index (χ0v) is 15.0. The average Bonchev–Trinajstić information content (AvgIpc) is 2.76. The molecule has 0 aliphatic heterocycles. The van der Waals surface area contributed by atoms with Crippen molar-refractivity contribution in [1.29, 1.82) is 0 Å². The summed E-state index contributed by atoms with van der Waals surface area (Å²) in [6.45, 7) is 0. The van der Waals surface area contributed by atoms with Crippen LogP contribution in [0.3, 0.4) is 0 Å². The van der Waals surface area contributed by atoms with Crippen LogP contribution < -0.4 is 4.74 Å². The summed E-state index contributed by atoms with van der Waals surface area (Å²) in [4.78, 5) is 14.1. The Labute approximate surface area is 158 Å². The molecule has 0 saturated heterocycles. The first-order valence-electron chi connectivity index (χ1n) is 8.79. The fourth-order valence-corrected chi connectivity index (χ4v) is 3.09. The van der Waals surface area contributed by atoms with Crippen molar-refractivity contribution in [1.82, 2.24) is 15.0 Å². The predicted octanol–water partition coefficient (Wildman–Crippen LogP) is 4.73. The first-order valence-corrected chi connectivity index (χ1v) is 8.79. The summed E-state index contributed by atoms with van der Waals surface area (Å²) in [6, 6.07) is 27.9. The van der Waals surface area contributed by atoms with Gasteiger partial charge in [0.1, 0.15) is 0 Å². The third-order valence-electron chi connectivity index (χ3n) is 4.37. The maximum atomic E-state index is 5.32. The van der Waals surface area contributed by atoms with E-state index >= 15 is 0 Å². The molecule has 0 radical (unpaired) electrons. The Kier molecular flexibility index (Phi) is 4.88. The molecule has 0 amide bonds. The van der Waals surface area contributed by atoms with Crippen LogP contribution in [-0.4, -0.2) is 22.1 Å². The predicted molar refractivity (Wildman–Crippen MR) is 106 cm³/mol. The summed E-state index contributed by atoms with van der Waals surface area (Å²) in [5.41, 5.74) is 4.66. The minimum absolute atomic E-state index is 0.176. The molecule has 1 atom stereocenters. The van der Waals surface area contributed by atoms with Gasteiger partial charge in [0.2, 0.25) is 5.88 Å². The third kappa shape index (κ3) is 3.70. The van der Waals surface area contributed by atoms with Crippen LogP contribution in [0.5, 0.6) is 5.88 Å². The van der Waals surface area contributed by atoms with E-state index in [0.29, 0.717) is 5.88 Å². The van der Waals surface area contributed by atoms with Crippen LogP contribution in [0.1, 0.15) is 23.0 Å². The van der Waals surface area contributed by atoms with Gasteiger partial charge in [-0.3, -0.25) is 9.97 Å². The molecule has 4 nitrogen and oxygen atoms in total. The molecule has 0 saturated carbocycles. The summed E-state index contributed by atoms with van der Waals surface area (Å²) in [7, 11) is 1.62. The molecule has 0 fully saturated rings. The number of pyridine rings is 3. The second-order valence-electron chi connectivity index (χ2n) is 6.11. The third-order valence-corrected chi connectivity index (χ3v) is 4.37. The Bertz CT molecular complexity index is 1020. The van der Waals surface area contributed by atoms with Gasteiger partial charge >= 0.3 is 0 Å². The lowest BCUT2D eigenvalue weighted by molar-refractivity contribution is 0.396. The lowest BCUT2D eigenvalue weighted by atomic mass is 9.95. The number of nitrogens with zero attached hydrogens (tertiary/aromatic N) is 3. The van der Waals surface area contributed by atoms with E-state index in [2.05, 4.69) is 22.1 Å². The van der Waals surface area contributed by atoms with Gasteiger partial charge in [0.25, 0.3) is 0 Å². The fraction of sp³-hybridized carbons (Fsp3) is 0.0870. The quantitative estimate of drug-likeness (QED) is 0.520. The van der Waals surface area contributed by atoms with Crippen molar-refractivity contribution >= 4 is 0 Å². The second kappa shape index (κ2) is 7.79. The van der Waals surface area contributed by atoms with Crippen molar-refractivity contribution in [3.8, 4) is 17.1 Å². The summed E-state index contributed by atoms with van der Waals surface area (Å²) in [6.07, 6.45) is 1.80. The van der Waals surface area contributed by atoms with Crippen molar-refractivity contribution in [2.45, 2.75) is 5.92 Å². The summed E-state index contributed by atoms with van der Waals surface area (Å²) >= 11 is 0. The number of aromatic nitrogens is 3. The summed E-state index contributed by atoms with van der Waals surface area (Å²) in [5.74, 6) is 0.401. The molecule has 27 heavy (non-hydrogen) atoms. The van der Waals surface area contributed by atoms with E-state index in [1.165, 1.54) is 0 Å². The Balaban J connectivity index is 1.84. The molecule has 1 aromatic carbocycles. The maximum absolute atomic E-state index is 5.32. The minimum atomic E-state index is -0.176. The van der Waals surface area contributed by atoms with Gasteiger partial charge in [0.05, 0.1) is 35.8 Å². The lowest BCUT2D eigenvalue weighted by Crippen LogP contribution is -2.10. The highest BCUT2D eigenvalue weighted by Crippen LogP contribution is 2.30. The maximum Gasteiger partial charge on any atom is 0.213 e. The van der Waals surface area contributed by atoms with Crippen LogP contribution in [0.4, 0.5) is 0 Å². The number of hydrogen-bond acceptors (Lipinski definition) is 4. The summed E-state index contributed by atoms with van der Waals surface area (Å²) < 4.78 is 5.32. The Morgan fingerprint density at radius 1 is 0.667 bits per heavy atom. The molecule has 3 heterocycles. The van der Waals surface area contributed by atoms with E-state index in [0.717, 1.165) is 28.3 Å². The smallest absolute Gasteiger partial charge is 0.213 e. The van der Waals surface area contributed by atoms with Gasteiger partial charge in [-0.05, 0) is 30.3 Å². The molecule has 0 aliphatic rings. The van der Waals surface area contributed by atoms with E-state index in [-0.39, 0.29) is 5.92 Å². The first-order chi connectivity index (χ1) is 13.3. The van der Waals surface area contributed by atoms with Crippen LogP contribution in [0.25, 0.3) is 11.3 Å². The number of methoxy groups -OCH3 is 1. The molecule has 1 unspecified atom stereocenters. The molecular weight excluding hydrogens is 334 g/mol. The zero-order chi connectivity index (χ0) is 18.5. The van der Waals surface area contributed by atoms with Crippen LogP contribution in [0.2, 0.25) is 0 Å². The minimum Gasteiger partial charge on any atom is -0.481 e. The highest BCUT2D eigenvalue weighted by atomic mass is 16.5. The Hall–Kier alpha value is -3.53. The van der Waals surface area contributed by atoms with Gasteiger partial charge < -0.3 is 4.74 Å². The molecule has 4 heteroatoms. The highest BCUT2D eigenvalue weighted by Gasteiger charge is 2.21. The topological polar surface area (TPSA) is 47.9 Å². The average molecular weight is 353 g/mol. The van der Waals surface area contributed by atoms with E-state index < -0.39 is 0 Å². The van der Waals surface area contributed by atoms with Gasteiger partial charge in [0, 0.05) is 17.8 Å². The number of ether oxygens (including phenoxy) is 1. The van der Waals surface area contributed by atoms with Gasteiger partial charge in [-0.25, -0.2) is 4.98 Å². The van der Waals surface area contributed by atoms with Gasteiger partial charge in [-0.15, -0.1) is 0 Å². The monoisotopic (exact) mass is 353 g/mol. The fourth-order valence-electron chi connectivity index (χ4n) is 3.09. The SMILES string of the molecule is COc1cccc(C(c2ccccn2)c2cccc(-c3ccccc3)n2)n1. The van der Waals surface area contributed by atoms with Gasteiger partial charge in [-0.1, -0.05) is 48.5 Å². The molecule has 132 valence electrons. The number of rotatable bonds is 5. The van der Waals surface area contributed by atoms with Crippen LogP contribution >= 0.6 is 0 Å². The van der Waals surface area contributed by atoms with Crippen molar-refractivity contribution < 1.29 is 4.74 Å². The van der Waals surface area contributed by atoms with Crippen molar-refractivity contribution in [2.24, 2.45) is 0 Å². The molecule has 0 spiro atoms. The molecular formula is C23H19N3O. The molecule has 4 rings (SSSR count). The standard InChI is InChI=1S/C23H19N3O/c1-27-22-15-8-14-21(26-22)23(19-11-5-6-16-24-19)20-13-7-12-18(25-20)17-9-3-2-4-10-17/h2-16,23H,1H3. The molecule has 0 bridgehead atoms. The second-order valence-corrected chi connectivity index (χ2v) is 6.11. The molecule has 0 aliphatic carbocycles. The number of hydrogen-bond donors (Lipinski definition) is 0. The zero-order valence-electron chi connectivity index (χ0n) is 15.0. The highest BCUT2D eigenvalue weighted by molar-refractivity contribution is 5.59. The van der Waals surface area contributed by atoms with E-state index in [1.807, 2.05) is 72.8 Å². The van der Waals surface area contributed by atoms with E-state index in [1.54, 1.807) is 13.3 Å². The Morgan fingerprint density at radius 2 is 1.37 bits per heavy atom. The van der Waals surface area contributed by atoms with Crippen molar-refractivity contribution in [3.63, 3.8) is 0 Å². The van der Waals surface area contributed by atoms with Crippen LogP contribution in [0, 0.1) is 0 Å². The first kappa shape index (κ1) is 16.9. The van der Waals surface area contributed by atoms with E-state index in [9.17, 15) is 0 Å². The normalized spacial score (nSPS) is 11.7. The van der Waals surface area contributed by atoms with Crippen LogP contribution in [-0.2, 0) is 0 Å². The molecule has 4 aromatic rings.